The number of ether oxygens (including phenoxy) is 1. The van der Waals surface area contributed by atoms with Gasteiger partial charge in [-0.2, -0.15) is 0 Å². The van der Waals surface area contributed by atoms with Crippen molar-refractivity contribution in [1.82, 2.24) is 0 Å². The van der Waals surface area contributed by atoms with Crippen molar-refractivity contribution in [2.45, 2.75) is 40.5 Å². The number of carbonyl (C=O) groups is 2. The van der Waals surface area contributed by atoms with Crippen LogP contribution in [0.2, 0.25) is 0 Å². The Morgan fingerprint density at radius 1 is 1.06 bits per heavy atom. The molecule has 0 N–H and O–H groups in total. The molecule has 0 fully saturated rings. The number of esters is 1. The molecule has 92 valence electrons. The zero-order valence-electron chi connectivity index (χ0n) is 10.8. The van der Waals surface area contributed by atoms with E-state index in [9.17, 15) is 9.59 Å². The summed E-state index contributed by atoms with van der Waals surface area (Å²) in [5.41, 5.74) is 2.37. The minimum absolute atomic E-state index is 0.110. The summed E-state index contributed by atoms with van der Waals surface area (Å²) in [6.45, 7) is 7.28. The fraction of sp³-hybridized carbons (Fsp3) is 0.429. The smallest absolute Gasteiger partial charge is 0.310 e. The zero-order chi connectivity index (χ0) is 13.0. The van der Waals surface area contributed by atoms with Crippen LogP contribution in [-0.4, -0.2) is 11.8 Å². The lowest BCUT2D eigenvalue weighted by molar-refractivity contribution is -0.134. The lowest BCUT2D eigenvalue weighted by Gasteiger charge is -2.10. The Labute approximate surface area is 102 Å². The van der Waals surface area contributed by atoms with Gasteiger partial charge in [0.25, 0.3) is 0 Å². The van der Waals surface area contributed by atoms with Gasteiger partial charge >= 0.3 is 5.97 Å². The third kappa shape index (κ3) is 3.16. The van der Waals surface area contributed by atoms with E-state index in [0.29, 0.717) is 24.2 Å². The minimum atomic E-state index is -0.262. The fourth-order valence-electron chi connectivity index (χ4n) is 1.59. The van der Waals surface area contributed by atoms with E-state index in [2.05, 4.69) is 0 Å². The first-order valence-electron chi connectivity index (χ1n) is 5.84. The van der Waals surface area contributed by atoms with Crippen LogP contribution >= 0.6 is 0 Å². The number of rotatable bonds is 4. The standard InChI is InChI=1S/C14H18O3/c1-5-12(15)11-7-10(4)13(8-9(11)3)17-14(16)6-2/h7-8H,5-6H2,1-4H3. The van der Waals surface area contributed by atoms with Crippen LogP contribution in [0.25, 0.3) is 0 Å². The Kier molecular flexibility index (Phi) is 4.44. The molecule has 0 saturated heterocycles. The lowest BCUT2D eigenvalue weighted by atomic mass is 10.00. The monoisotopic (exact) mass is 234 g/mol. The van der Waals surface area contributed by atoms with Crippen molar-refractivity contribution in [2.24, 2.45) is 0 Å². The molecule has 0 aliphatic carbocycles. The van der Waals surface area contributed by atoms with E-state index in [1.807, 2.05) is 20.8 Å². The average Bonchev–Trinajstić information content (AvgIpc) is 2.32. The van der Waals surface area contributed by atoms with Gasteiger partial charge in [-0.25, -0.2) is 0 Å². The number of aryl methyl sites for hydroxylation is 2. The Hall–Kier alpha value is -1.64. The maximum absolute atomic E-state index is 11.7. The quantitative estimate of drug-likeness (QED) is 0.456. The molecule has 1 aromatic rings. The van der Waals surface area contributed by atoms with Gasteiger partial charge in [-0.3, -0.25) is 9.59 Å². The fourth-order valence-corrected chi connectivity index (χ4v) is 1.59. The second-order valence-electron chi connectivity index (χ2n) is 4.04. The molecule has 0 heterocycles. The van der Waals surface area contributed by atoms with E-state index in [1.54, 1.807) is 19.1 Å². The van der Waals surface area contributed by atoms with Crippen molar-refractivity contribution in [1.29, 1.82) is 0 Å². The van der Waals surface area contributed by atoms with Crippen LogP contribution in [0.1, 0.15) is 48.2 Å². The molecule has 3 nitrogen and oxygen atoms in total. The molecule has 1 rings (SSSR count). The number of ketones is 1. The van der Waals surface area contributed by atoms with Gasteiger partial charge in [0.05, 0.1) is 0 Å². The molecule has 17 heavy (non-hydrogen) atoms. The SMILES string of the molecule is CCC(=O)Oc1cc(C)c(C(=O)CC)cc1C. The highest BCUT2D eigenvalue weighted by Crippen LogP contribution is 2.24. The molecule has 0 saturated carbocycles. The first-order chi connectivity index (χ1) is 7.99. The summed E-state index contributed by atoms with van der Waals surface area (Å²) in [5, 5.41) is 0. The van der Waals surface area contributed by atoms with Crippen molar-refractivity contribution in [3.05, 3.63) is 28.8 Å². The molecule has 3 heteroatoms. The molecular formula is C14H18O3. The first-order valence-corrected chi connectivity index (χ1v) is 5.84. The van der Waals surface area contributed by atoms with Crippen LogP contribution in [0.4, 0.5) is 0 Å². The largest absolute Gasteiger partial charge is 0.426 e. The van der Waals surface area contributed by atoms with Crippen LogP contribution in [0, 0.1) is 13.8 Å². The molecule has 0 radical (unpaired) electrons. The third-order valence-corrected chi connectivity index (χ3v) is 2.66. The second kappa shape index (κ2) is 5.62. The van der Waals surface area contributed by atoms with Crippen molar-refractivity contribution >= 4 is 11.8 Å². The summed E-state index contributed by atoms with van der Waals surface area (Å²) < 4.78 is 5.19. The van der Waals surface area contributed by atoms with Crippen LogP contribution in [0.5, 0.6) is 5.75 Å². The summed E-state index contributed by atoms with van der Waals surface area (Å²) in [4.78, 5) is 22.9. The van der Waals surface area contributed by atoms with Gasteiger partial charge in [-0.05, 0) is 37.1 Å². The van der Waals surface area contributed by atoms with Gasteiger partial charge in [0.2, 0.25) is 0 Å². The Bertz CT molecular complexity index is 447. The zero-order valence-corrected chi connectivity index (χ0v) is 10.8. The van der Waals surface area contributed by atoms with Crippen molar-refractivity contribution in [3.8, 4) is 5.75 Å². The Morgan fingerprint density at radius 2 is 1.71 bits per heavy atom. The van der Waals surface area contributed by atoms with E-state index in [0.717, 1.165) is 11.1 Å². The summed E-state index contributed by atoms with van der Waals surface area (Å²) in [6.07, 6.45) is 0.822. The predicted octanol–water partition coefficient (Wildman–Crippen LogP) is 3.21. The predicted molar refractivity (Wildman–Crippen MR) is 66.5 cm³/mol. The molecule has 0 aliphatic rings. The molecule has 0 unspecified atom stereocenters. The van der Waals surface area contributed by atoms with E-state index in [-0.39, 0.29) is 11.8 Å². The number of benzene rings is 1. The van der Waals surface area contributed by atoms with Crippen LogP contribution in [-0.2, 0) is 4.79 Å². The lowest BCUT2D eigenvalue weighted by Crippen LogP contribution is -2.08. The number of hydrogen-bond donors (Lipinski definition) is 0. The van der Waals surface area contributed by atoms with Gasteiger partial charge in [0, 0.05) is 18.4 Å². The van der Waals surface area contributed by atoms with Crippen LogP contribution in [0.3, 0.4) is 0 Å². The third-order valence-electron chi connectivity index (χ3n) is 2.66. The first kappa shape index (κ1) is 13.4. The van der Waals surface area contributed by atoms with E-state index >= 15 is 0 Å². The minimum Gasteiger partial charge on any atom is -0.426 e. The van der Waals surface area contributed by atoms with Gasteiger partial charge in [0.15, 0.2) is 5.78 Å². The Balaban J connectivity index is 3.09. The normalized spacial score (nSPS) is 10.1. The molecule has 0 bridgehead atoms. The molecule has 1 aromatic carbocycles. The molecule has 0 spiro atoms. The van der Waals surface area contributed by atoms with Gasteiger partial charge < -0.3 is 4.74 Å². The summed E-state index contributed by atoms with van der Waals surface area (Å²) >= 11 is 0. The molecule has 0 atom stereocenters. The summed E-state index contributed by atoms with van der Waals surface area (Å²) in [6, 6.07) is 3.55. The van der Waals surface area contributed by atoms with E-state index < -0.39 is 0 Å². The highest BCUT2D eigenvalue weighted by molar-refractivity contribution is 5.97. The number of Topliss-reactive ketones (excluding diaryl/α,β-unsaturated/α-hetero) is 1. The average molecular weight is 234 g/mol. The second-order valence-corrected chi connectivity index (χ2v) is 4.04. The van der Waals surface area contributed by atoms with E-state index in [4.69, 9.17) is 4.74 Å². The van der Waals surface area contributed by atoms with E-state index in [1.165, 1.54) is 0 Å². The number of hydrogen-bond acceptors (Lipinski definition) is 3. The molecular weight excluding hydrogens is 216 g/mol. The van der Waals surface area contributed by atoms with Gasteiger partial charge in [-0.1, -0.05) is 13.8 Å². The highest BCUT2D eigenvalue weighted by atomic mass is 16.5. The van der Waals surface area contributed by atoms with Crippen LogP contribution in [0.15, 0.2) is 12.1 Å². The van der Waals surface area contributed by atoms with Gasteiger partial charge in [-0.15, -0.1) is 0 Å². The summed E-state index contributed by atoms with van der Waals surface area (Å²) in [5.74, 6) is 0.392. The van der Waals surface area contributed by atoms with Crippen molar-refractivity contribution in [2.75, 3.05) is 0 Å². The maximum atomic E-state index is 11.7. The van der Waals surface area contributed by atoms with Gasteiger partial charge in [0.1, 0.15) is 5.75 Å². The molecule has 0 amide bonds. The van der Waals surface area contributed by atoms with Crippen molar-refractivity contribution in [3.63, 3.8) is 0 Å². The molecule has 0 aromatic heterocycles. The molecule has 0 aliphatic heterocycles. The summed E-state index contributed by atoms with van der Waals surface area (Å²) in [7, 11) is 0. The Morgan fingerprint density at radius 3 is 2.24 bits per heavy atom. The maximum Gasteiger partial charge on any atom is 0.310 e. The topological polar surface area (TPSA) is 43.4 Å². The number of carbonyl (C=O) groups excluding carboxylic acids is 2. The van der Waals surface area contributed by atoms with Crippen LogP contribution < -0.4 is 4.74 Å². The highest BCUT2D eigenvalue weighted by Gasteiger charge is 2.12. The van der Waals surface area contributed by atoms with Crippen molar-refractivity contribution < 1.29 is 14.3 Å².